The molecule has 2 N–H and O–H groups in total. The van der Waals surface area contributed by atoms with Gasteiger partial charge in [-0.1, -0.05) is 12.1 Å². The van der Waals surface area contributed by atoms with Crippen molar-refractivity contribution in [3.05, 3.63) is 39.9 Å². The monoisotopic (exact) mass is 238 g/mol. The van der Waals surface area contributed by atoms with Crippen LogP contribution in [0.3, 0.4) is 0 Å². The topological polar surface area (TPSA) is 75.4 Å². The number of nitrogens with one attached hydrogen (secondary N) is 1. The lowest BCUT2D eigenvalue weighted by Gasteiger charge is -2.04. The second kappa shape index (κ2) is 7.76. The van der Waals surface area contributed by atoms with Gasteiger partial charge in [0.25, 0.3) is 5.69 Å². The molecule has 0 heterocycles. The molecule has 0 radical (unpaired) electrons. The van der Waals surface area contributed by atoms with E-state index in [0.29, 0.717) is 0 Å². The summed E-state index contributed by atoms with van der Waals surface area (Å²) in [4.78, 5) is 10.1. The third-order valence-electron chi connectivity index (χ3n) is 2.50. The molecule has 0 saturated carbocycles. The summed E-state index contributed by atoms with van der Waals surface area (Å²) in [6.45, 7) is 1.99. The van der Waals surface area contributed by atoms with Gasteiger partial charge in [0.2, 0.25) is 0 Å². The molecule has 0 atom stereocenters. The van der Waals surface area contributed by atoms with E-state index >= 15 is 0 Å². The van der Waals surface area contributed by atoms with Gasteiger partial charge in [-0.25, -0.2) is 0 Å². The van der Waals surface area contributed by atoms with Crippen molar-refractivity contribution in [3.8, 4) is 0 Å². The molecular formula is C12H18N2O3. The van der Waals surface area contributed by atoms with Crippen LogP contribution in [0.1, 0.15) is 18.4 Å². The molecule has 0 fully saturated rings. The van der Waals surface area contributed by atoms with Crippen molar-refractivity contribution in [1.29, 1.82) is 0 Å². The van der Waals surface area contributed by atoms with Crippen molar-refractivity contribution in [2.45, 2.75) is 19.3 Å². The predicted octanol–water partition coefficient (Wildman–Crippen LogP) is 1.50. The van der Waals surface area contributed by atoms with Gasteiger partial charge in [-0.3, -0.25) is 10.1 Å². The number of benzene rings is 1. The summed E-state index contributed by atoms with van der Waals surface area (Å²) in [5, 5.41) is 22.3. The third kappa shape index (κ3) is 5.42. The fourth-order valence-corrected chi connectivity index (χ4v) is 1.50. The third-order valence-corrected chi connectivity index (χ3v) is 2.50. The standard InChI is InChI=1S/C12H18N2O3/c15-10-2-1-8-13-9-7-11-3-5-12(6-4-11)14(16)17/h3-6,13,15H,1-2,7-10H2. The van der Waals surface area contributed by atoms with Crippen LogP contribution in [0.4, 0.5) is 5.69 Å². The van der Waals surface area contributed by atoms with E-state index in [4.69, 9.17) is 5.11 Å². The fraction of sp³-hybridized carbons (Fsp3) is 0.500. The Kier molecular flexibility index (Phi) is 6.21. The van der Waals surface area contributed by atoms with Crippen LogP contribution in [0.2, 0.25) is 0 Å². The maximum atomic E-state index is 10.4. The molecule has 1 aromatic rings. The van der Waals surface area contributed by atoms with Gasteiger partial charge in [0.05, 0.1) is 4.92 Å². The number of nitro benzene ring substituents is 1. The normalized spacial score (nSPS) is 10.4. The second-order valence-corrected chi connectivity index (χ2v) is 3.85. The zero-order valence-corrected chi connectivity index (χ0v) is 9.76. The molecule has 0 unspecified atom stereocenters. The lowest BCUT2D eigenvalue weighted by molar-refractivity contribution is -0.384. The highest BCUT2D eigenvalue weighted by Crippen LogP contribution is 2.11. The molecule has 1 rings (SSSR count). The number of unbranched alkanes of at least 4 members (excludes halogenated alkanes) is 1. The van der Waals surface area contributed by atoms with Gasteiger partial charge in [-0.2, -0.15) is 0 Å². The van der Waals surface area contributed by atoms with Crippen LogP contribution in [-0.4, -0.2) is 29.7 Å². The van der Waals surface area contributed by atoms with Crippen LogP contribution in [-0.2, 0) is 6.42 Å². The Labute approximate surface area is 101 Å². The number of nitro groups is 1. The first kappa shape index (κ1) is 13.6. The van der Waals surface area contributed by atoms with Crippen LogP contribution in [0.15, 0.2) is 24.3 Å². The number of nitrogens with zero attached hydrogens (tertiary/aromatic N) is 1. The summed E-state index contributed by atoms with van der Waals surface area (Å²) >= 11 is 0. The van der Waals surface area contributed by atoms with Gasteiger partial charge in [0.1, 0.15) is 0 Å². The van der Waals surface area contributed by atoms with Gasteiger partial charge in [-0.05, 0) is 37.9 Å². The van der Waals surface area contributed by atoms with E-state index in [1.54, 1.807) is 12.1 Å². The molecule has 5 heteroatoms. The first-order chi connectivity index (χ1) is 8.24. The first-order valence-electron chi connectivity index (χ1n) is 5.79. The van der Waals surface area contributed by atoms with E-state index < -0.39 is 4.92 Å². The minimum absolute atomic E-state index is 0.129. The Morgan fingerprint density at radius 2 is 1.88 bits per heavy atom. The highest BCUT2D eigenvalue weighted by Gasteiger charge is 2.03. The minimum Gasteiger partial charge on any atom is -0.396 e. The Morgan fingerprint density at radius 1 is 1.18 bits per heavy atom. The lowest BCUT2D eigenvalue weighted by Crippen LogP contribution is -2.18. The van der Waals surface area contributed by atoms with Crippen LogP contribution in [0.25, 0.3) is 0 Å². The number of hydrogen-bond acceptors (Lipinski definition) is 4. The average molecular weight is 238 g/mol. The van der Waals surface area contributed by atoms with E-state index in [9.17, 15) is 10.1 Å². The molecule has 94 valence electrons. The highest BCUT2D eigenvalue weighted by atomic mass is 16.6. The van der Waals surface area contributed by atoms with E-state index in [1.807, 2.05) is 0 Å². The van der Waals surface area contributed by atoms with Gasteiger partial charge < -0.3 is 10.4 Å². The van der Waals surface area contributed by atoms with Gasteiger partial charge in [-0.15, -0.1) is 0 Å². The number of non-ortho nitro benzene ring substituents is 1. The number of aliphatic hydroxyl groups is 1. The van der Waals surface area contributed by atoms with Crippen molar-refractivity contribution in [2.24, 2.45) is 0 Å². The van der Waals surface area contributed by atoms with E-state index in [-0.39, 0.29) is 12.3 Å². The van der Waals surface area contributed by atoms with Crippen molar-refractivity contribution in [3.63, 3.8) is 0 Å². The molecule has 0 aliphatic carbocycles. The predicted molar refractivity (Wildman–Crippen MR) is 66.0 cm³/mol. The molecule has 5 nitrogen and oxygen atoms in total. The van der Waals surface area contributed by atoms with Crippen LogP contribution >= 0.6 is 0 Å². The summed E-state index contributed by atoms with van der Waals surface area (Å²) in [6, 6.07) is 6.63. The Balaban J connectivity index is 2.21. The van der Waals surface area contributed by atoms with Crippen molar-refractivity contribution < 1.29 is 10.0 Å². The number of rotatable bonds is 8. The SMILES string of the molecule is O=[N+]([O-])c1ccc(CCNCCCCO)cc1. The maximum Gasteiger partial charge on any atom is 0.269 e. The van der Waals surface area contributed by atoms with Crippen molar-refractivity contribution >= 4 is 5.69 Å². The van der Waals surface area contributed by atoms with Crippen molar-refractivity contribution in [1.82, 2.24) is 5.32 Å². The summed E-state index contributed by atoms with van der Waals surface area (Å²) in [6.07, 6.45) is 2.65. The largest absolute Gasteiger partial charge is 0.396 e. The summed E-state index contributed by atoms with van der Waals surface area (Å²) in [5.41, 5.74) is 1.22. The molecule has 17 heavy (non-hydrogen) atoms. The second-order valence-electron chi connectivity index (χ2n) is 3.85. The molecular weight excluding hydrogens is 220 g/mol. The number of aliphatic hydroxyl groups excluding tert-OH is 1. The van der Waals surface area contributed by atoms with Gasteiger partial charge in [0.15, 0.2) is 0 Å². The molecule has 0 bridgehead atoms. The Morgan fingerprint density at radius 3 is 2.47 bits per heavy atom. The molecule has 0 aromatic heterocycles. The Hall–Kier alpha value is -1.46. The van der Waals surface area contributed by atoms with Crippen LogP contribution in [0, 0.1) is 10.1 Å². The molecule has 0 aliphatic rings. The lowest BCUT2D eigenvalue weighted by atomic mass is 10.1. The maximum absolute atomic E-state index is 10.4. The van der Waals surface area contributed by atoms with Crippen LogP contribution in [0.5, 0.6) is 0 Å². The van der Waals surface area contributed by atoms with Gasteiger partial charge >= 0.3 is 0 Å². The fourth-order valence-electron chi connectivity index (χ4n) is 1.50. The Bertz CT molecular complexity index is 338. The van der Waals surface area contributed by atoms with E-state index in [0.717, 1.165) is 37.9 Å². The molecule has 0 amide bonds. The minimum atomic E-state index is -0.392. The summed E-state index contributed by atoms with van der Waals surface area (Å²) < 4.78 is 0. The average Bonchev–Trinajstić information content (AvgIpc) is 2.34. The molecule has 1 aromatic carbocycles. The quantitative estimate of drug-likeness (QED) is 0.409. The molecule has 0 spiro atoms. The summed E-state index contributed by atoms with van der Waals surface area (Å²) in [5.74, 6) is 0. The summed E-state index contributed by atoms with van der Waals surface area (Å²) in [7, 11) is 0. The zero-order valence-electron chi connectivity index (χ0n) is 9.76. The van der Waals surface area contributed by atoms with Gasteiger partial charge in [0, 0.05) is 18.7 Å². The zero-order chi connectivity index (χ0) is 12.5. The first-order valence-corrected chi connectivity index (χ1v) is 5.79. The van der Waals surface area contributed by atoms with Crippen molar-refractivity contribution in [2.75, 3.05) is 19.7 Å². The molecule has 0 saturated heterocycles. The van der Waals surface area contributed by atoms with Crippen LogP contribution < -0.4 is 5.32 Å². The van der Waals surface area contributed by atoms with E-state index in [1.165, 1.54) is 12.1 Å². The van der Waals surface area contributed by atoms with E-state index in [2.05, 4.69) is 5.32 Å². The highest BCUT2D eigenvalue weighted by molar-refractivity contribution is 5.32. The number of hydrogen-bond donors (Lipinski definition) is 2. The molecule has 0 aliphatic heterocycles. The smallest absolute Gasteiger partial charge is 0.269 e.